The maximum absolute atomic E-state index is 9.21. The zero-order valence-electron chi connectivity index (χ0n) is 11.5. The van der Waals surface area contributed by atoms with Crippen LogP contribution in [0.3, 0.4) is 0 Å². The van der Waals surface area contributed by atoms with Crippen LogP contribution in [0.5, 0.6) is 0 Å². The van der Waals surface area contributed by atoms with Gasteiger partial charge in [0.2, 0.25) is 0 Å². The quantitative estimate of drug-likeness (QED) is 0.789. The molecule has 0 atom stereocenters. The van der Waals surface area contributed by atoms with Crippen molar-refractivity contribution in [2.45, 2.75) is 19.9 Å². The lowest BCUT2D eigenvalue weighted by Gasteiger charge is -2.08. The molecule has 0 fully saturated rings. The SMILES string of the molecule is Cc1cccc(Cn2c(CCO)nc3cccnc32)c1. The highest BCUT2D eigenvalue weighted by molar-refractivity contribution is 5.71. The summed E-state index contributed by atoms with van der Waals surface area (Å²) in [5, 5.41) is 9.21. The minimum Gasteiger partial charge on any atom is -0.396 e. The molecule has 0 saturated carbocycles. The molecular weight excluding hydrogens is 250 g/mol. The van der Waals surface area contributed by atoms with Crippen molar-refractivity contribution in [1.82, 2.24) is 14.5 Å². The lowest BCUT2D eigenvalue weighted by molar-refractivity contribution is 0.295. The largest absolute Gasteiger partial charge is 0.396 e. The van der Waals surface area contributed by atoms with Crippen molar-refractivity contribution in [3.8, 4) is 0 Å². The third kappa shape index (κ3) is 2.42. The fourth-order valence-corrected chi connectivity index (χ4v) is 2.46. The van der Waals surface area contributed by atoms with E-state index in [0.29, 0.717) is 6.42 Å². The molecule has 102 valence electrons. The van der Waals surface area contributed by atoms with Crippen LogP contribution in [0.25, 0.3) is 11.2 Å². The van der Waals surface area contributed by atoms with E-state index >= 15 is 0 Å². The van der Waals surface area contributed by atoms with Gasteiger partial charge in [0, 0.05) is 12.6 Å². The topological polar surface area (TPSA) is 50.9 Å². The first kappa shape index (κ1) is 12.8. The van der Waals surface area contributed by atoms with E-state index in [9.17, 15) is 5.11 Å². The van der Waals surface area contributed by atoms with Crippen molar-refractivity contribution in [3.63, 3.8) is 0 Å². The van der Waals surface area contributed by atoms with Crippen molar-refractivity contribution in [2.75, 3.05) is 6.61 Å². The van der Waals surface area contributed by atoms with Gasteiger partial charge in [0.25, 0.3) is 0 Å². The predicted octanol–water partition coefficient (Wildman–Crippen LogP) is 2.32. The molecule has 0 radical (unpaired) electrons. The van der Waals surface area contributed by atoms with E-state index in [0.717, 1.165) is 23.5 Å². The van der Waals surface area contributed by atoms with Crippen LogP contribution >= 0.6 is 0 Å². The van der Waals surface area contributed by atoms with Gasteiger partial charge in [-0.05, 0) is 24.6 Å². The van der Waals surface area contributed by atoms with Gasteiger partial charge < -0.3 is 9.67 Å². The molecule has 0 aliphatic rings. The van der Waals surface area contributed by atoms with E-state index in [-0.39, 0.29) is 6.61 Å². The van der Waals surface area contributed by atoms with E-state index in [1.165, 1.54) is 11.1 Å². The molecule has 0 spiro atoms. The van der Waals surface area contributed by atoms with Crippen LogP contribution in [0, 0.1) is 6.92 Å². The molecule has 1 N–H and O–H groups in total. The summed E-state index contributed by atoms with van der Waals surface area (Å²) >= 11 is 0. The van der Waals surface area contributed by atoms with Crippen molar-refractivity contribution in [2.24, 2.45) is 0 Å². The maximum Gasteiger partial charge on any atom is 0.160 e. The second-order valence-corrected chi connectivity index (χ2v) is 4.92. The summed E-state index contributed by atoms with van der Waals surface area (Å²) < 4.78 is 2.08. The number of nitrogens with zero attached hydrogens (tertiary/aromatic N) is 3. The fraction of sp³-hybridized carbons (Fsp3) is 0.250. The van der Waals surface area contributed by atoms with Gasteiger partial charge in [0.05, 0.1) is 13.2 Å². The van der Waals surface area contributed by atoms with Crippen LogP contribution in [0.4, 0.5) is 0 Å². The van der Waals surface area contributed by atoms with Crippen LogP contribution < -0.4 is 0 Å². The highest BCUT2D eigenvalue weighted by Crippen LogP contribution is 2.16. The lowest BCUT2D eigenvalue weighted by Crippen LogP contribution is -2.07. The molecule has 0 saturated heterocycles. The number of hydrogen-bond donors (Lipinski definition) is 1. The minimum atomic E-state index is 0.0944. The number of aliphatic hydroxyl groups is 1. The molecule has 1 aromatic carbocycles. The number of imidazole rings is 1. The molecule has 0 aliphatic carbocycles. The smallest absolute Gasteiger partial charge is 0.160 e. The standard InChI is InChI=1S/C16H17N3O/c1-12-4-2-5-13(10-12)11-19-15(7-9-20)18-14-6-3-8-17-16(14)19/h2-6,8,10,20H,7,9,11H2,1H3. The number of aromatic nitrogens is 3. The highest BCUT2D eigenvalue weighted by Gasteiger charge is 2.11. The molecule has 4 heteroatoms. The Balaban J connectivity index is 2.06. The number of fused-ring (bicyclic) bond motifs is 1. The Labute approximate surface area is 117 Å². The van der Waals surface area contributed by atoms with E-state index in [2.05, 4.69) is 45.7 Å². The Morgan fingerprint density at radius 1 is 1.20 bits per heavy atom. The molecule has 3 aromatic rings. The summed E-state index contributed by atoms with van der Waals surface area (Å²) in [6, 6.07) is 12.2. The van der Waals surface area contributed by atoms with Gasteiger partial charge in [-0.25, -0.2) is 9.97 Å². The molecular formula is C16H17N3O. The van der Waals surface area contributed by atoms with E-state index < -0.39 is 0 Å². The van der Waals surface area contributed by atoms with Gasteiger partial charge in [-0.15, -0.1) is 0 Å². The Bertz CT molecular complexity index is 733. The Morgan fingerprint density at radius 2 is 2.10 bits per heavy atom. The first-order valence-corrected chi connectivity index (χ1v) is 6.74. The van der Waals surface area contributed by atoms with Crippen molar-refractivity contribution < 1.29 is 5.11 Å². The number of pyridine rings is 1. The average molecular weight is 267 g/mol. The summed E-state index contributed by atoms with van der Waals surface area (Å²) in [7, 11) is 0. The van der Waals surface area contributed by atoms with Crippen molar-refractivity contribution in [3.05, 3.63) is 59.5 Å². The number of hydrogen-bond acceptors (Lipinski definition) is 3. The Hall–Kier alpha value is -2.20. The van der Waals surface area contributed by atoms with E-state index in [4.69, 9.17) is 0 Å². The number of rotatable bonds is 4. The van der Waals surface area contributed by atoms with Gasteiger partial charge in [-0.3, -0.25) is 0 Å². The fourth-order valence-electron chi connectivity index (χ4n) is 2.46. The maximum atomic E-state index is 9.21. The zero-order chi connectivity index (χ0) is 13.9. The molecule has 0 aliphatic heterocycles. The Morgan fingerprint density at radius 3 is 2.90 bits per heavy atom. The summed E-state index contributed by atoms with van der Waals surface area (Å²) in [5.41, 5.74) is 4.21. The molecule has 0 bridgehead atoms. The van der Waals surface area contributed by atoms with Crippen molar-refractivity contribution in [1.29, 1.82) is 0 Å². The normalized spacial score (nSPS) is 11.1. The average Bonchev–Trinajstić information content (AvgIpc) is 2.78. The second kappa shape index (κ2) is 5.43. The monoisotopic (exact) mass is 267 g/mol. The van der Waals surface area contributed by atoms with E-state index in [1.54, 1.807) is 6.20 Å². The third-order valence-electron chi connectivity index (χ3n) is 3.34. The third-order valence-corrected chi connectivity index (χ3v) is 3.34. The number of aliphatic hydroxyl groups excluding tert-OH is 1. The van der Waals surface area contributed by atoms with Crippen LogP contribution in [-0.2, 0) is 13.0 Å². The van der Waals surface area contributed by atoms with Crippen molar-refractivity contribution >= 4 is 11.2 Å². The molecule has 4 nitrogen and oxygen atoms in total. The zero-order valence-corrected chi connectivity index (χ0v) is 11.5. The van der Waals surface area contributed by atoms with E-state index in [1.807, 2.05) is 12.1 Å². The van der Waals surface area contributed by atoms with Gasteiger partial charge in [0.1, 0.15) is 11.3 Å². The van der Waals surface area contributed by atoms with Gasteiger partial charge >= 0.3 is 0 Å². The second-order valence-electron chi connectivity index (χ2n) is 4.92. The van der Waals surface area contributed by atoms with Crippen LogP contribution in [0.15, 0.2) is 42.6 Å². The summed E-state index contributed by atoms with van der Waals surface area (Å²) in [4.78, 5) is 8.98. The molecule has 0 amide bonds. The summed E-state index contributed by atoms with van der Waals surface area (Å²) in [6.45, 7) is 2.91. The number of aryl methyl sites for hydroxylation is 1. The number of benzene rings is 1. The Kier molecular flexibility index (Phi) is 3.48. The van der Waals surface area contributed by atoms with Crippen LogP contribution in [-0.4, -0.2) is 26.2 Å². The summed E-state index contributed by atoms with van der Waals surface area (Å²) in [6.07, 6.45) is 2.32. The lowest BCUT2D eigenvalue weighted by atomic mass is 10.1. The summed E-state index contributed by atoms with van der Waals surface area (Å²) in [5.74, 6) is 0.878. The first-order valence-electron chi connectivity index (χ1n) is 6.74. The van der Waals surface area contributed by atoms with Crippen LogP contribution in [0.2, 0.25) is 0 Å². The van der Waals surface area contributed by atoms with Gasteiger partial charge in [0.15, 0.2) is 5.65 Å². The minimum absolute atomic E-state index is 0.0944. The molecule has 2 aromatic heterocycles. The first-order chi connectivity index (χ1) is 9.78. The molecule has 0 unspecified atom stereocenters. The van der Waals surface area contributed by atoms with Crippen LogP contribution in [0.1, 0.15) is 17.0 Å². The molecule has 20 heavy (non-hydrogen) atoms. The molecule has 2 heterocycles. The van der Waals surface area contributed by atoms with Gasteiger partial charge in [-0.2, -0.15) is 0 Å². The predicted molar refractivity (Wildman–Crippen MR) is 78.6 cm³/mol. The molecule has 3 rings (SSSR count). The van der Waals surface area contributed by atoms with Gasteiger partial charge in [-0.1, -0.05) is 29.8 Å². The highest BCUT2D eigenvalue weighted by atomic mass is 16.3.